The molecule has 2 aromatic carbocycles. The number of piperidine rings is 1. The number of hydrogen-bond donors (Lipinski definition) is 0. The number of rotatable bonds is 9. The number of halogens is 2. The molecule has 1 amide bonds. The molecule has 1 saturated heterocycles. The largest absolute Gasteiger partial charge is 0.493 e. The molecule has 3 aromatic rings. The van der Waals surface area contributed by atoms with Crippen molar-refractivity contribution < 1.29 is 27.5 Å². The van der Waals surface area contributed by atoms with Crippen LogP contribution < -0.4 is 9.47 Å². The summed E-state index contributed by atoms with van der Waals surface area (Å²) < 4.78 is 44.4. The SMILES string of the molecule is COc1cccc(CN2CCC([C@@H](Cc3ccc(F)cc3F)N(C)C(=O)c3ccco3)CC2)c1OC. The van der Waals surface area contributed by atoms with Gasteiger partial charge in [-0.25, -0.2) is 8.78 Å². The minimum atomic E-state index is -0.617. The molecule has 1 aliphatic heterocycles. The molecule has 192 valence electrons. The molecule has 0 unspecified atom stereocenters. The van der Waals surface area contributed by atoms with Crippen LogP contribution in [-0.2, 0) is 13.0 Å². The number of hydrogen-bond acceptors (Lipinski definition) is 5. The third kappa shape index (κ3) is 5.70. The molecule has 0 N–H and O–H groups in total. The van der Waals surface area contributed by atoms with Gasteiger partial charge in [-0.1, -0.05) is 18.2 Å². The Balaban J connectivity index is 1.49. The lowest BCUT2D eigenvalue weighted by atomic mass is 9.84. The van der Waals surface area contributed by atoms with Gasteiger partial charge in [0.25, 0.3) is 5.91 Å². The van der Waals surface area contributed by atoms with Crippen molar-refractivity contribution in [2.75, 3.05) is 34.4 Å². The van der Waals surface area contributed by atoms with E-state index in [1.807, 2.05) is 18.2 Å². The smallest absolute Gasteiger partial charge is 0.289 e. The summed E-state index contributed by atoms with van der Waals surface area (Å²) in [5.74, 6) is 0.345. The van der Waals surface area contributed by atoms with Gasteiger partial charge < -0.3 is 18.8 Å². The van der Waals surface area contributed by atoms with Crippen molar-refractivity contribution in [1.82, 2.24) is 9.80 Å². The van der Waals surface area contributed by atoms with E-state index in [0.29, 0.717) is 24.3 Å². The Morgan fingerprint density at radius 1 is 1.08 bits per heavy atom. The minimum Gasteiger partial charge on any atom is -0.493 e. The summed E-state index contributed by atoms with van der Waals surface area (Å²) >= 11 is 0. The summed E-state index contributed by atoms with van der Waals surface area (Å²) in [6, 6.07) is 12.5. The first-order valence-electron chi connectivity index (χ1n) is 12.1. The van der Waals surface area contributed by atoms with Gasteiger partial charge in [-0.2, -0.15) is 0 Å². The maximum Gasteiger partial charge on any atom is 0.289 e. The molecular weight excluding hydrogens is 466 g/mol. The van der Waals surface area contributed by atoms with Gasteiger partial charge in [0.05, 0.1) is 20.5 Å². The standard InChI is InChI=1S/C28H32F2N2O4/c1-31(28(33)26-8-5-15-36-26)24(16-20-9-10-22(29)17-23(20)30)19-11-13-32(14-12-19)18-21-6-4-7-25(34-2)27(21)35-3/h4-10,15,17,19,24H,11-14,16,18H2,1-3H3/t24-/m1/s1. The van der Waals surface area contributed by atoms with Gasteiger partial charge >= 0.3 is 0 Å². The number of amides is 1. The average Bonchev–Trinajstić information content (AvgIpc) is 3.43. The zero-order valence-electron chi connectivity index (χ0n) is 20.9. The van der Waals surface area contributed by atoms with E-state index >= 15 is 0 Å². The zero-order valence-corrected chi connectivity index (χ0v) is 20.9. The van der Waals surface area contributed by atoms with Crippen molar-refractivity contribution in [1.29, 1.82) is 0 Å². The van der Waals surface area contributed by atoms with Crippen LogP contribution in [0.4, 0.5) is 8.78 Å². The van der Waals surface area contributed by atoms with E-state index < -0.39 is 11.6 Å². The third-order valence-electron chi connectivity index (χ3n) is 7.05. The van der Waals surface area contributed by atoms with Gasteiger partial charge in [-0.3, -0.25) is 9.69 Å². The van der Waals surface area contributed by atoms with Crippen LogP contribution in [0.5, 0.6) is 11.5 Å². The molecule has 0 saturated carbocycles. The summed E-state index contributed by atoms with van der Waals surface area (Å²) in [7, 11) is 4.99. The third-order valence-corrected chi connectivity index (χ3v) is 7.05. The Bertz CT molecular complexity index is 1160. The molecule has 0 spiro atoms. The molecule has 1 atom stereocenters. The molecule has 0 radical (unpaired) electrons. The number of methoxy groups -OCH3 is 2. The zero-order chi connectivity index (χ0) is 25.7. The molecule has 1 aliphatic rings. The monoisotopic (exact) mass is 498 g/mol. The van der Waals surface area contributed by atoms with Crippen LogP contribution in [0.1, 0.15) is 34.5 Å². The number of carbonyl (C=O) groups excluding carboxylic acids is 1. The Hall–Kier alpha value is -3.39. The van der Waals surface area contributed by atoms with Crippen molar-refractivity contribution in [3.8, 4) is 11.5 Å². The number of nitrogens with zero attached hydrogens (tertiary/aromatic N) is 2. The summed E-state index contributed by atoms with van der Waals surface area (Å²) in [6.07, 6.45) is 3.41. The predicted octanol–water partition coefficient (Wildman–Crippen LogP) is 5.17. The molecule has 1 aromatic heterocycles. The summed E-state index contributed by atoms with van der Waals surface area (Å²) in [5, 5.41) is 0. The maximum absolute atomic E-state index is 14.6. The second kappa shape index (κ2) is 11.6. The van der Waals surface area contributed by atoms with Crippen LogP contribution in [0.25, 0.3) is 0 Å². The minimum absolute atomic E-state index is 0.141. The first kappa shape index (κ1) is 25.7. The lowest BCUT2D eigenvalue weighted by Gasteiger charge is -2.40. The van der Waals surface area contributed by atoms with E-state index in [2.05, 4.69) is 4.90 Å². The molecule has 0 aliphatic carbocycles. The van der Waals surface area contributed by atoms with Gasteiger partial charge in [-0.05, 0) is 68.1 Å². The molecule has 6 nitrogen and oxygen atoms in total. The number of ether oxygens (including phenoxy) is 2. The Kier molecular flexibility index (Phi) is 8.25. The highest BCUT2D eigenvalue weighted by Gasteiger charge is 2.33. The molecule has 8 heteroatoms. The Morgan fingerprint density at radius 2 is 1.86 bits per heavy atom. The number of likely N-dealkylation sites (tertiary alicyclic amines) is 1. The molecule has 4 rings (SSSR count). The van der Waals surface area contributed by atoms with Crippen LogP contribution in [0.2, 0.25) is 0 Å². The van der Waals surface area contributed by atoms with E-state index in [9.17, 15) is 13.6 Å². The number of carbonyl (C=O) groups is 1. The van der Waals surface area contributed by atoms with E-state index in [1.165, 1.54) is 18.4 Å². The number of furan rings is 1. The summed E-state index contributed by atoms with van der Waals surface area (Å²) in [6.45, 7) is 2.35. The first-order chi connectivity index (χ1) is 17.4. The lowest BCUT2D eigenvalue weighted by Crippen LogP contribution is -2.47. The average molecular weight is 499 g/mol. The van der Waals surface area contributed by atoms with Crippen molar-refractivity contribution in [2.24, 2.45) is 5.92 Å². The van der Waals surface area contributed by atoms with Crippen molar-refractivity contribution in [3.63, 3.8) is 0 Å². The maximum atomic E-state index is 14.6. The van der Waals surface area contributed by atoms with E-state index in [0.717, 1.165) is 43.3 Å². The highest BCUT2D eigenvalue weighted by molar-refractivity contribution is 5.91. The predicted molar refractivity (Wildman–Crippen MR) is 132 cm³/mol. The topological polar surface area (TPSA) is 55.2 Å². The van der Waals surface area contributed by atoms with Crippen LogP contribution in [0.3, 0.4) is 0 Å². The number of benzene rings is 2. The van der Waals surface area contributed by atoms with Crippen LogP contribution in [-0.4, -0.2) is 56.1 Å². The fraction of sp³-hybridized carbons (Fsp3) is 0.393. The van der Waals surface area contributed by atoms with Crippen molar-refractivity contribution >= 4 is 5.91 Å². The van der Waals surface area contributed by atoms with E-state index in [4.69, 9.17) is 13.9 Å². The van der Waals surface area contributed by atoms with Gasteiger partial charge in [0, 0.05) is 31.3 Å². The fourth-order valence-electron chi connectivity index (χ4n) is 5.07. The molecule has 36 heavy (non-hydrogen) atoms. The number of likely N-dealkylation sites (N-methyl/N-ethyl adjacent to an activating group) is 1. The molecular formula is C28H32F2N2O4. The lowest BCUT2D eigenvalue weighted by molar-refractivity contribution is 0.0554. The highest BCUT2D eigenvalue weighted by atomic mass is 19.1. The van der Waals surface area contributed by atoms with Crippen LogP contribution >= 0.6 is 0 Å². The quantitative estimate of drug-likeness (QED) is 0.407. The van der Waals surface area contributed by atoms with Gasteiger partial charge in [0.15, 0.2) is 17.3 Å². The van der Waals surface area contributed by atoms with E-state index in [1.54, 1.807) is 38.3 Å². The molecule has 1 fully saturated rings. The first-order valence-corrected chi connectivity index (χ1v) is 12.1. The normalized spacial score (nSPS) is 15.5. The van der Waals surface area contributed by atoms with Crippen molar-refractivity contribution in [3.05, 3.63) is 83.3 Å². The second-order valence-corrected chi connectivity index (χ2v) is 9.17. The summed E-state index contributed by atoms with van der Waals surface area (Å²) in [4.78, 5) is 17.1. The fourth-order valence-corrected chi connectivity index (χ4v) is 5.07. The molecule has 0 bridgehead atoms. The van der Waals surface area contributed by atoms with Gasteiger partial charge in [-0.15, -0.1) is 0 Å². The van der Waals surface area contributed by atoms with E-state index in [-0.39, 0.29) is 23.6 Å². The van der Waals surface area contributed by atoms with Crippen LogP contribution in [0.15, 0.2) is 59.2 Å². The Morgan fingerprint density at radius 3 is 2.50 bits per heavy atom. The van der Waals surface area contributed by atoms with Gasteiger partial charge in [0.1, 0.15) is 11.6 Å². The van der Waals surface area contributed by atoms with Gasteiger partial charge in [0.2, 0.25) is 0 Å². The second-order valence-electron chi connectivity index (χ2n) is 9.17. The highest BCUT2D eigenvalue weighted by Crippen LogP contribution is 2.33. The van der Waals surface area contributed by atoms with Crippen LogP contribution in [0, 0.1) is 17.6 Å². The number of para-hydroxylation sites is 1. The molecule has 2 heterocycles. The van der Waals surface area contributed by atoms with Crippen molar-refractivity contribution in [2.45, 2.75) is 31.8 Å². The summed E-state index contributed by atoms with van der Waals surface area (Å²) in [5.41, 5.74) is 1.44. The Labute approximate surface area is 210 Å².